The largest absolute Gasteiger partial charge is 0.497 e. The minimum atomic E-state index is -0.337. The molecule has 138 valence electrons. The van der Waals surface area contributed by atoms with Crippen molar-refractivity contribution in [3.8, 4) is 5.75 Å². The molecule has 0 atom stereocenters. The SMILES string of the molecule is COc1ccc(NC(=O)CNc2ccccc2C(=O)NC(C)(C)C)cc1. The normalized spacial score (nSPS) is 10.8. The van der Waals surface area contributed by atoms with Crippen LogP contribution >= 0.6 is 0 Å². The minimum Gasteiger partial charge on any atom is -0.497 e. The van der Waals surface area contributed by atoms with Crippen molar-refractivity contribution in [2.24, 2.45) is 0 Å². The monoisotopic (exact) mass is 355 g/mol. The van der Waals surface area contributed by atoms with E-state index >= 15 is 0 Å². The number of carbonyl (C=O) groups is 2. The summed E-state index contributed by atoms with van der Waals surface area (Å²) in [5.41, 5.74) is 1.45. The van der Waals surface area contributed by atoms with Crippen LogP contribution in [0.5, 0.6) is 5.75 Å². The lowest BCUT2D eigenvalue weighted by molar-refractivity contribution is -0.114. The maximum atomic E-state index is 12.4. The topological polar surface area (TPSA) is 79.5 Å². The Balaban J connectivity index is 1.98. The maximum Gasteiger partial charge on any atom is 0.253 e. The third kappa shape index (κ3) is 5.81. The summed E-state index contributed by atoms with van der Waals surface area (Å²) in [6, 6.07) is 14.2. The molecule has 0 saturated carbocycles. The zero-order valence-electron chi connectivity index (χ0n) is 15.6. The molecule has 0 aromatic heterocycles. The van der Waals surface area contributed by atoms with Crippen LogP contribution < -0.4 is 20.7 Å². The Bertz CT molecular complexity index is 765. The third-order valence-electron chi connectivity index (χ3n) is 3.47. The first kappa shape index (κ1) is 19.3. The molecule has 2 aromatic rings. The van der Waals surface area contributed by atoms with E-state index in [1.165, 1.54) is 0 Å². The van der Waals surface area contributed by atoms with Crippen LogP contribution in [0.4, 0.5) is 11.4 Å². The van der Waals surface area contributed by atoms with E-state index in [0.717, 1.165) is 5.75 Å². The van der Waals surface area contributed by atoms with Gasteiger partial charge in [-0.3, -0.25) is 9.59 Å². The first-order chi connectivity index (χ1) is 12.3. The summed E-state index contributed by atoms with van der Waals surface area (Å²) in [7, 11) is 1.59. The molecule has 0 aliphatic carbocycles. The molecule has 0 radical (unpaired) electrons. The standard InChI is InChI=1S/C20H25N3O3/c1-20(2,3)23-19(25)16-7-5-6-8-17(16)21-13-18(24)22-14-9-11-15(26-4)12-10-14/h5-12,21H,13H2,1-4H3,(H,22,24)(H,23,25). The van der Waals surface area contributed by atoms with Crippen molar-refractivity contribution < 1.29 is 14.3 Å². The van der Waals surface area contributed by atoms with E-state index in [2.05, 4.69) is 16.0 Å². The second-order valence-corrected chi connectivity index (χ2v) is 6.88. The first-order valence-electron chi connectivity index (χ1n) is 8.38. The van der Waals surface area contributed by atoms with E-state index in [9.17, 15) is 9.59 Å². The highest BCUT2D eigenvalue weighted by Crippen LogP contribution is 2.17. The van der Waals surface area contributed by atoms with Gasteiger partial charge in [-0.1, -0.05) is 12.1 Å². The third-order valence-corrected chi connectivity index (χ3v) is 3.47. The van der Waals surface area contributed by atoms with Crippen LogP contribution in [0.1, 0.15) is 31.1 Å². The van der Waals surface area contributed by atoms with E-state index in [1.54, 1.807) is 49.6 Å². The molecule has 0 heterocycles. The molecule has 6 nitrogen and oxygen atoms in total. The molecule has 26 heavy (non-hydrogen) atoms. The lowest BCUT2D eigenvalue weighted by Crippen LogP contribution is -2.40. The number of amides is 2. The van der Waals surface area contributed by atoms with Crippen LogP contribution in [0, 0.1) is 0 Å². The second kappa shape index (κ2) is 8.38. The van der Waals surface area contributed by atoms with Gasteiger partial charge in [0.15, 0.2) is 0 Å². The average molecular weight is 355 g/mol. The summed E-state index contributed by atoms with van der Waals surface area (Å²) in [6.45, 7) is 5.81. The maximum absolute atomic E-state index is 12.4. The highest BCUT2D eigenvalue weighted by molar-refractivity contribution is 6.01. The fourth-order valence-corrected chi connectivity index (χ4v) is 2.30. The number of nitrogens with one attached hydrogen (secondary N) is 3. The summed E-state index contributed by atoms with van der Waals surface area (Å²) in [6.07, 6.45) is 0. The van der Waals surface area contributed by atoms with Gasteiger partial charge >= 0.3 is 0 Å². The van der Waals surface area contributed by atoms with Crippen LogP contribution in [0.15, 0.2) is 48.5 Å². The number of methoxy groups -OCH3 is 1. The molecule has 0 unspecified atom stereocenters. The summed E-state index contributed by atoms with van der Waals surface area (Å²) in [4.78, 5) is 24.6. The van der Waals surface area contributed by atoms with Crippen molar-refractivity contribution >= 4 is 23.2 Å². The lowest BCUT2D eigenvalue weighted by Gasteiger charge is -2.21. The van der Waals surface area contributed by atoms with Gasteiger partial charge in [-0.15, -0.1) is 0 Å². The van der Waals surface area contributed by atoms with Gasteiger partial charge < -0.3 is 20.7 Å². The van der Waals surface area contributed by atoms with Gasteiger partial charge in [0.2, 0.25) is 5.91 Å². The molecule has 0 aliphatic heterocycles. The van der Waals surface area contributed by atoms with Gasteiger partial charge in [0, 0.05) is 16.9 Å². The minimum absolute atomic E-state index is 0.0475. The van der Waals surface area contributed by atoms with Crippen LogP contribution in [0.2, 0.25) is 0 Å². The van der Waals surface area contributed by atoms with E-state index < -0.39 is 0 Å². The highest BCUT2D eigenvalue weighted by atomic mass is 16.5. The fourth-order valence-electron chi connectivity index (χ4n) is 2.30. The molecular weight excluding hydrogens is 330 g/mol. The molecule has 2 amide bonds. The molecular formula is C20H25N3O3. The quantitative estimate of drug-likeness (QED) is 0.743. The van der Waals surface area contributed by atoms with Crippen LogP contribution in [0.25, 0.3) is 0 Å². The number of rotatable bonds is 6. The molecule has 2 aromatic carbocycles. The Kier molecular flexibility index (Phi) is 6.22. The number of hydrogen-bond acceptors (Lipinski definition) is 4. The van der Waals surface area contributed by atoms with Crippen molar-refractivity contribution in [1.82, 2.24) is 5.32 Å². The second-order valence-electron chi connectivity index (χ2n) is 6.88. The van der Waals surface area contributed by atoms with Gasteiger partial charge in [0.05, 0.1) is 19.2 Å². The zero-order chi connectivity index (χ0) is 19.2. The molecule has 0 bridgehead atoms. The van der Waals surface area contributed by atoms with Crippen molar-refractivity contribution in [2.45, 2.75) is 26.3 Å². The van der Waals surface area contributed by atoms with E-state index in [1.807, 2.05) is 26.8 Å². The average Bonchev–Trinajstić information content (AvgIpc) is 2.59. The summed E-state index contributed by atoms with van der Waals surface area (Å²) in [5, 5.41) is 8.74. The van der Waals surface area contributed by atoms with Gasteiger partial charge in [-0.25, -0.2) is 0 Å². The van der Waals surface area contributed by atoms with E-state index in [0.29, 0.717) is 16.9 Å². The Morgan fingerprint density at radius 3 is 2.27 bits per heavy atom. The number of anilines is 2. The lowest BCUT2D eigenvalue weighted by atomic mass is 10.1. The Morgan fingerprint density at radius 2 is 1.65 bits per heavy atom. The first-order valence-corrected chi connectivity index (χ1v) is 8.38. The number of para-hydroxylation sites is 1. The van der Waals surface area contributed by atoms with Crippen molar-refractivity contribution in [3.63, 3.8) is 0 Å². The van der Waals surface area contributed by atoms with Crippen LogP contribution in [-0.4, -0.2) is 31.0 Å². The zero-order valence-corrected chi connectivity index (χ0v) is 15.6. The summed E-state index contributed by atoms with van der Waals surface area (Å²) >= 11 is 0. The van der Waals surface area contributed by atoms with Gasteiger partial charge in [0.25, 0.3) is 5.91 Å². The molecule has 2 rings (SSSR count). The van der Waals surface area contributed by atoms with Crippen LogP contribution in [0.3, 0.4) is 0 Å². The van der Waals surface area contributed by atoms with Gasteiger partial charge in [0.1, 0.15) is 5.75 Å². The highest BCUT2D eigenvalue weighted by Gasteiger charge is 2.17. The number of carbonyl (C=O) groups excluding carboxylic acids is 2. The number of benzene rings is 2. The predicted octanol–water partition coefficient (Wildman–Crippen LogP) is 3.27. The van der Waals surface area contributed by atoms with Crippen molar-refractivity contribution in [3.05, 3.63) is 54.1 Å². The van der Waals surface area contributed by atoms with E-state index in [4.69, 9.17) is 4.74 Å². The predicted molar refractivity (Wildman–Crippen MR) is 104 cm³/mol. The van der Waals surface area contributed by atoms with Crippen molar-refractivity contribution in [1.29, 1.82) is 0 Å². The van der Waals surface area contributed by atoms with Gasteiger partial charge in [-0.2, -0.15) is 0 Å². The van der Waals surface area contributed by atoms with Crippen LogP contribution in [-0.2, 0) is 4.79 Å². The van der Waals surface area contributed by atoms with Crippen molar-refractivity contribution in [2.75, 3.05) is 24.3 Å². The Morgan fingerprint density at radius 1 is 1.00 bits per heavy atom. The molecule has 6 heteroatoms. The Labute approximate surface area is 153 Å². The Hall–Kier alpha value is -3.02. The smallest absolute Gasteiger partial charge is 0.253 e. The fraction of sp³-hybridized carbons (Fsp3) is 0.300. The van der Waals surface area contributed by atoms with Gasteiger partial charge in [-0.05, 0) is 57.2 Å². The molecule has 3 N–H and O–H groups in total. The molecule has 0 aliphatic rings. The van der Waals surface area contributed by atoms with E-state index in [-0.39, 0.29) is 23.9 Å². The number of hydrogen-bond donors (Lipinski definition) is 3. The summed E-state index contributed by atoms with van der Waals surface area (Å²) < 4.78 is 5.09. The summed E-state index contributed by atoms with van der Waals surface area (Å²) in [5.74, 6) is 0.331. The molecule has 0 spiro atoms. The molecule has 0 fully saturated rings. The number of ether oxygens (including phenoxy) is 1. The molecule has 0 saturated heterocycles.